The number of benzene rings is 2. The van der Waals surface area contributed by atoms with Crippen molar-refractivity contribution in [2.75, 3.05) is 79.2 Å². The molecule has 0 aliphatic heterocycles. The molecule has 2 rings (SSSR count). The lowest BCUT2D eigenvalue weighted by atomic mass is 10.2. The fourth-order valence-electron chi connectivity index (χ4n) is 2.63. The Balaban J connectivity index is 1.24. The van der Waals surface area contributed by atoms with Crippen LogP contribution in [0.15, 0.2) is 70.6 Å². The van der Waals surface area contributed by atoms with Crippen LogP contribution in [0.2, 0.25) is 0 Å². The van der Waals surface area contributed by atoms with Crippen LogP contribution in [0.1, 0.15) is 11.1 Å². The van der Waals surface area contributed by atoms with Gasteiger partial charge < -0.3 is 23.7 Å². The van der Waals surface area contributed by atoms with Crippen LogP contribution >= 0.6 is 0 Å². The maximum Gasteiger partial charge on any atom is 0.0701 e. The third-order valence-corrected chi connectivity index (χ3v) is 4.30. The monoisotopic (exact) mass is 456 g/mol. The summed E-state index contributed by atoms with van der Waals surface area (Å²) in [5.74, 6) is 0. The van der Waals surface area contributed by atoms with E-state index in [1.807, 2.05) is 73.1 Å². The van der Waals surface area contributed by atoms with Gasteiger partial charge in [0.2, 0.25) is 0 Å². The smallest absolute Gasteiger partial charge is 0.0701 e. The Morgan fingerprint density at radius 2 is 0.727 bits per heavy atom. The second-order valence-corrected chi connectivity index (χ2v) is 6.95. The topological polar surface area (TPSA) is 70.9 Å². The van der Waals surface area contributed by atoms with Crippen LogP contribution in [-0.4, -0.2) is 91.6 Å². The summed E-state index contributed by atoms with van der Waals surface area (Å²) in [7, 11) is 0. The van der Waals surface area contributed by atoms with Crippen molar-refractivity contribution in [2.45, 2.75) is 0 Å². The van der Waals surface area contributed by atoms with Crippen molar-refractivity contribution in [3.05, 3.63) is 71.8 Å². The molecular formula is C26H36N2O5. The van der Waals surface area contributed by atoms with Gasteiger partial charge in [-0.05, 0) is 11.1 Å². The Morgan fingerprint density at radius 1 is 0.424 bits per heavy atom. The highest BCUT2D eigenvalue weighted by molar-refractivity contribution is 5.79. The van der Waals surface area contributed by atoms with E-state index in [4.69, 9.17) is 23.7 Å². The first-order valence-electron chi connectivity index (χ1n) is 11.4. The second-order valence-electron chi connectivity index (χ2n) is 6.95. The molecule has 2 aromatic rings. The van der Waals surface area contributed by atoms with Gasteiger partial charge in [0.1, 0.15) is 0 Å². The minimum atomic E-state index is 0.542. The van der Waals surface area contributed by atoms with Crippen LogP contribution in [0.4, 0.5) is 0 Å². The van der Waals surface area contributed by atoms with Gasteiger partial charge in [0, 0.05) is 12.4 Å². The molecule has 0 spiro atoms. The van der Waals surface area contributed by atoms with Crippen LogP contribution in [-0.2, 0) is 23.7 Å². The van der Waals surface area contributed by atoms with Gasteiger partial charge in [0.15, 0.2) is 0 Å². The van der Waals surface area contributed by atoms with Crippen LogP contribution < -0.4 is 0 Å². The van der Waals surface area contributed by atoms with Gasteiger partial charge in [-0.3, -0.25) is 9.98 Å². The van der Waals surface area contributed by atoms with Gasteiger partial charge in [0.25, 0.3) is 0 Å². The highest BCUT2D eigenvalue weighted by atomic mass is 16.6. The molecule has 0 atom stereocenters. The van der Waals surface area contributed by atoms with E-state index < -0.39 is 0 Å². The van der Waals surface area contributed by atoms with Crippen molar-refractivity contribution >= 4 is 12.4 Å². The zero-order valence-corrected chi connectivity index (χ0v) is 19.3. The SMILES string of the molecule is C(=NCCOCCOCCOCCOCCOCCN=Cc1ccccc1)c1ccccc1. The first kappa shape index (κ1) is 26.8. The average molecular weight is 457 g/mol. The minimum absolute atomic E-state index is 0.542. The Labute approximate surface area is 197 Å². The highest BCUT2D eigenvalue weighted by Gasteiger charge is 1.94. The Bertz CT molecular complexity index is 677. The van der Waals surface area contributed by atoms with Crippen LogP contribution in [0.25, 0.3) is 0 Å². The molecule has 2 aromatic carbocycles. The molecular weight excluding hydrogens is 420 g/mol. The molecule has 0 N–H and O–H groups in total. The normalized spacial score (nSPS) is 11.6. The molecule has 7 nitrogen and oxygen atoms in total. The van der Waals surface area contributed by atoms with Crippen molar-refractivity contribution in [2.24, 2.45) is 9.98 Å². The predicted molar refractivity (Wildman–Crippen MR) is 132 cm³/mol. The van der Waals surface area contributed by atoms with Gasteiger partial charge in [-0.2, -0.15) is 0 Å². The summed E-state index contributed by atoms with van der Waals surface area (Å²) >= 11 is 0. The van der Waals surface area contributed by atoms with Crippen molar-refractivity contribution in [3.8, 4) is 0 Å². The molecule has 0 radical (unpaired) electrons. The van der Waals surface area contributed by atoms with Crippen molar-refractivity contribution < 1.29 is 23.7 Å². The van der Waals surface area contributed by atoms with Crippen LogP contribution in [0.5, 0.6) is 0 Å². The third-order valence-electron chi connectivity index (χ3n) is 4.30. The molecule has 0 heterocycles. The molecule has 0 aliphatic rings. The summed E-state index contributed by atoms with van der Waals surface area (Å²) < 4.78 is 27.4. The zero-order valence-electron chi connectivity index (χ0n) is 19.3. The van der Waals surface area contributed by atoms with E-state index in [9.17, 15) is 0 Å². The van der Waals surface area contributed by atoms with Crippen LogP contribution in [0, 0.1) is 0 Å². The number of aliphatic imine (C=N–C) groups is 2. The lowest BCUT2D eigenvalue weighted by Crippen LogP contribution is -2.14. The van der Waals surface area contributed by atoms with Gasteiger partial charge >= 0.3 is 0 Å². The van der Waals surface area contributed by atoms with Crippen LogP contribution in [0.3, 0.4) is 0 Å². The maximum absolute atomic E-state index is 5.49. The molecule has 0 amide bonds. The third kappa shape index (κ3) is 15.9. The standard InChI is InChI=1S/C26H36N2O5/c1-3-7-25(8-4-1)23-27-11-13-29-15-17-31-19-21-33-22-20-32-18-16-30-14-12-28-24-26-9-5-2-6-10-26/h1-10,23-24H,11-22H2. The molecule has 180 valence electrons. The largest absolute Gasteiger partial charge is 0.377 e. The summed E-state index contributed by atoms with van der Waals surface area (Å²) in [5.41, 5.74) is 2.19. The number of hydrogen-bond donors (Lipinski definition) is 0. The summed E-state index contributed by atoms with van der Waals surface area (Å²) in [6, 6.07) is 20.0. The Kier molecular flexibility index (Phi) is 16.4. The molecule has 0 saturated carbocycles. The molecule has 0 aliphatic carbocycles. The van der Waals surface area contributed by atoms with E-state index in [2.05, 4.69) is 9.98 Å². The quantitative estimate of drug-likeness (QED) is 0.226. The molecule has 0 bridgehead atoms. The lowest BCUT2D eigenvalue weighted by molar-refractivity contribution is -0.00994. The van der Waals surface area contributed by atoms with E-state index in [-0.39, 0.29) is 0 Å². The lowest BCUT2D eigenvalue weighted by Gasteiger charge is -2.07. The molecule has 0 fully saturated rings. The molecule has 33 heavy (non-hydrogen) atoms. The van der Waals surface area contributed by atoms with Gasteiger partial charge in [-0.25, -0.2) is 0 Å². The predicted octanol–water partition coefficient (Wildman–Crippen LogP) is 3.31. The van der Waals surface area contributed by atoms with Crippen molar-refractivity contribution in [1.82, 2.24) is 0 Å². The first-order valence-corrected chi connectivity index (χ1v) is 11.4. The maximum atomic E-state index is 5.49. The average Bonchev–Trinajstić information content (AvgIpc) is 2.86. The number of hydrogen-bond acceptors (Lipinski definition) is 7. The van der Waals surface area contributed by atoms with Gasteiger partial charge in [-0.15, -0.1) is 0 Å². The fraction of sp³-hybridized carbons (Fsp3) is 0.462. The molecule has 7 heteroatoms. The van der Waals surface area contributed by atoms with E-state index in [1.54, 1.807) is 0 Å². The van der Waals surface area contributed by atoms with E-state index in [1.165, 1.54) is 0 Å². The van der Waals surface area contributed by atoms with E-state index in [0.717, 1.165) is 11.1 Å². The summed E-state index contributed by atoms with van der Waals surface area (Å²) in [6.45, 7) is 6.85. The number of ether oxygens (including phenoxy) is 5. The highest BCUT2D eigenvalue weighted by Crippen LogP contribution is 1.94. The zero-order chi connectivity index (χ0) is 23.1. The Morgan fingerprint density at radius 3 is 1.06 bits per heavy atom. The molecule has 0 unspecified atom stereocenters. The van der Waals surface area contributed by atoms with Crippen molar-refractivity contribution in [3.63, 3.8) is 0 Å². The fourth-order valence-corrected chi connectivity index (χ4v) is 2.63. The summed E-state index contributed by atoms with van der Waals surface area (Å²) in [6.07, 6.45) is 3.72. The number of rotatable bonds is 20. The number of nitrogens with zero attached hydrogens (tertiary/aromatic N) is 2. The summed E-state index contributed by atoms with van der Waals surface area (Å²) in [4.78, 5) is 8.65. The van der Waals surface area contributed by atoms with E-state index in [0.29, 0.717) is 79.2 Å². The molecule has 0 saturated heterocycles. The summed E-state index contributed by atoms with van der Waals surface area (Å²) in [5, 5.41) is 0. The van der Waals surface area contributed by atoms with Gasteiger partial charge in [0.05, 0.1) is 79.2 Å². The van der Waals surface area contributed by atoms with E-state index >= 15 is 0 Å². The first-order chi connectivity index (χ1) is 16.4. The van der Waals surface area contributed by atoms with Gasteiger partial charge in [-0.1, -0.05) is 60.7 Å². The second kappa shape index (κ2) is 20.2. The minimum Gasteiger partial charge on any atom is -0.377 e. The van der Waals surface area contributed by atoms with Crippen molar-refractivity contribution in [1.29, 1.82) is 0 Å². The Hall–Kier alpha value is -2.42. The molecule has 0 aromatic heterocycles.